The highest BCUT2D eigenvalue weighted by molar-refractivity contribution is 14.0. The number of halogens is 2. The van der Waals surface area contributed by atoms with E-state index in [1.165, 1.54) is 13.1 Å². The zero-order chi connectivity index (χ0) is 18.9. The second kappa shape index (κ2) is 12.8. The molecule has 0 spiro atoms. The molecule has 1 unspecified atom stereocenters. The van der Waals surface area contributed by atoms with Gasteiger partial charge in [0.2, 0.25) is 0 Å². The molecule has 0 bridgehead atoms. The highest BCUT2D eigenvalue weighted by atomic mass is 127. The van der Waals surface area contributed by atoms with Crippen LogP contribution in [0.2, 0.25) is 5.02 Å². The van der Waals surface area contributed by atoms with Crippen LogP contribution in [0.5, 0.6) is 0 Å². The van der Waals surface area contributed by atoms with Crippen molar-refractivity contribution in [1.82, 2.24) is 20.0 Å². The quantitative estimate of drug-likeness (QED) is 0.349. The molecule has 5 nitrogen and oxygen atoms in total. The van der Waals surface area contributed by atoms with Gasteiger partial charge in [-0.3, -0.25) is 4.99 Å². The summed E-state index contributed by atoms with van der Waals surface area (Å²) in [4.78, 5) is 12.0. The zero-order valence-electron chi connectivity index (χ0n) is 17.1. The Bertz CT molecular complexity index is 575. The highest BCUT2D eigenvalue weighted by Gasteiger charge is 2.16. The van der Waals surface area contributed by atoms with Crippen molar-refractivity contribution in [2.45, 2.75) is 20.4 Å². The molecule has 1 N–H and O–H groups in total. The van der Waals surface area contributed by atoms with Gasteiger partial charge < -0.3 is 20.0 Å². The van der Waals surface area contributed by atoms with Gasteiger partial charge in [0.1, 0.15) is 0 Å². The van der Waals surface area contributed by atoms with Crippen LogP contribution in [0, 0.1) is 5.92 Å². The fourth-order valence-corrected chi connectivity index (χ4v) is 3.39. The maximum Gasteiger partial charge on any atom is 0.193 e. The van der Waals surface area contributed by atoms with Crippen LogP contribution in [0.4, 0.5) is 0 Å². The Morgan fingerprint density at radius 3 is 2.56 bits per heavy atom. The van der Waals surface area contributed by atoms with E-state index in [1.54, 1.807) is 0 Å². The molecule has 1 saturated heterocycles. The Balaban J connectivity index is 0.00000364. The predicted octanol–water partition coefficient (Wildman–Crippen LogP) is 3.24. The molecular formula is C20H35ClIN5. The third kappa shape index (κ3) is 8.54. The summed E-state index contributed by atoms with van der Waals surface area (Å²) in [5.41, 5.74) is 1.12. The summed E-state index contributed by atoms with van der Waals surface area (Å²) in [5.74, 6) is 1.48. The number of benzene rings is 1. The number of guanidine groups is 1. The molecule has 0 saturated carbocycles. The number of rotatable bonds is 7. The fraction of sp³-hybridized carbons (Fsp3) is 0.650. The van der Waals surface area contributed by atoms with Gasteiger partial charge in [0.25, 0.3) is 0 Å². The fourth-order valence-electron chi connectivity index (χ4n) is 3.20. The first-order valence-electron chi connectivity index (χ1n) is 9.63. The zero-order valence-corrected chi connectivity index (χ0v) is 20.2. The molecule has 154 valence electrons. The number of hydrogen-bond acceptors (Lipinski definition) is 3. The molecule has 1 aromatic rings. The van der Waals surface area contributed by atoms with Gasteiger partial charge in [0.05, 0.1) is 0 Å². The van der Waals surface area contributed by atoms with E-state index in [-0.39, 0.29) is 24.0 Å². The summed E-state index contributed by atoms with van der Waals surface area (Å²) in [6, 6.07) is 7.99. The SMILES string of the molecule is CCNC(=NCC(C)CN1CCN(C)CC1)N(C)Cc1ccccc1Cl.I. The van der Waals surface area contributed by atoms with Crippen molar-refractivity contribution in [3.63, 3.8) is 0 Å². The van der Waals surface area contributed by atoms with Crippen LogP contribution in [-0.2, 0) is 6.54 Å². The largest absolute Gasteiger partial charge is 0.357 e. The molecule has 0 aliphatic carbocycles. The van der Waals surface area contributed by atoms with Crippen LogP contribution in [0.1, 0.15) is 19.4 Å². The van der Waals surface area contributed by atoms with E-state index >= 15 is 0 Å². The van der Waals surface area contributed by atoms with Gasteiger partial charge in [-0.05, 0) is 31.5 Å². The van der Waals surface area contributed by atoms with Gasteiger partial charge in [-0.1, -0.05) is 36.7 Å². The van der Waals surface area contributed by atoms with Crippen molar-refractivity contribution in [2.24, 2.45) is 10.9 Å². The van der Waals surface area contributed by atoms with Crippen LogP contribution < -0.4 is 5.32 Å². The Morgan fingerprint density at radius 1 is 1.26 bits per heavy atom. The molecule has 1 fully saturated rings. The first-order chi connectivity index (χ1) is 12.5. The molecule has 1 heterocycles. The van der Waals surface area contributed by atoms with Gasteiger partial charge in [0, 0.05) is 64.4 Å². The van der Waals surface area contributed by atoms with Gasteiger partial charge in [-0.2, -0.15) is 0 Å². The van der Waals surface area contributed by atoms with E-state index in [9.17, 15) is 0 Å². The van der Waals surface area contributed by atoms with Crippen molar-refractivity contribution in [1.29, 1.82) is 0 Å². The Morgan fingerprint density at radius 2 is 1.93 bits per heavy atom. The van der Waals surface area contributed by atoms with Crippen LogP contribution in [0.15, 0.2) is 29.3 Å². The number of aliphatic imine (C=N–C) groups is 1. The van der Waals surface area contributed by atoms with Crippen molar-refractivity contribution >= 4 is 41.5 Å². The van der Waals surface area contributed by atoms with E-state index in [0.717, 1.165) is 55.8 Å². The molecule has 2 rings (SSSR count). The molecule has 1 aliphatic heterocycles. The lowest BCUT2D eigenvalue weighted by Gasteiger charge is -2.33. The number of hydrogen-bond donors (Lipinski definition) is 1. The summed E-state index contributed by atoms with van der Waals surface area (Å²) >= 11 is 6.30. The van der Waals surface area contributed by atoms with Crippen LogP contribution in [0.3, 0.4) is 0 Å². The van der Waals surface area contributed by atoms with Crippen LogP contribution >= 0.6 is 35.6 Å². The molecule has 1 atom stereocenters. The number of nitrogens with zero attached hydrogens (tertiary/aromatic N) is 4. The summed E-state index contributed by atoms with van der Waals surface area (Å²) in [5, 5.41) is 4.20. The second-order valence-corrected chi connectivity index (χ2v) is 7.76. The molecule has 7 heteroatoms. The van der Waals surface area contributed by atoms with E-state index in [4.69, 9.17) is 16.6 Å². The molecule has 0 amide bonds. The standard InChI is InChI=1S/C20H34ClN5.HI/c1-5-22-20(25(4)16-18-8-6-7-9-19(18)21)23-14-17(2)15-26-12-10-24(3)11-13-26;/h6-9,17H,5,10-16H2,1-4H3,(H,22,23);1H. The first kappa shape index (κ1) is 24.5. The minimum Gasteiger partial charge on any atom is -0.357 e. The van der Waals surface area contributed by atoms with E-state index in [0.29, 0.717) is 5.92 Å². The van der Waals surface area contributed by atoms with E-state index in [2.05, 4.69) is 54.0 Å². The lowest BCUT2D eigenvalue weighted by Crippen LogP contribution is -2.46. The average Bonchev–Trinajstić information content (AvgIpc) is 2.62. The Labute approximate surface area is 187 Å². The van der Waals surface area contributed by atoms with E-state index in [1.807, 2.05) is 18.2 Å². The molecular weight excluding hydrogens is 473 g/mol. The lowest BCUT2D eigenvalue weighted by molar-refractivity contribution is 0.140. The van der Waals surface area contributed by atoms with Gasteiger partial charge >= 0.3 is 0 Å². The van der Waals surface area contributed by atoms with E-state index < -0.39 is 0 Å². The molecule has 1 aliphatic rings. The summed E-state index contributed by atoms with van der Waals surface area (Å²) < 4.78 is 0. The lowest BCUT2D eigenvalue weighted by atomic mass is 10.1. The van der Waals surface area contributed by atoms with Gasteiger partial charge in [-0.25, -0.2) is 0 Å². The second-order valence-electron chi connectivity index (χ2n) is 7.35. The number of nitrogens with one attached hydrogen (secondary N) is 1. The van der Waals surface area contributed by atoms with Crippen molar-refractivity contribution in [3.05, 3.63) is 34.9 Å². The topological polar surface area (TPSA) is 34.1 Å². The average molecular weight is 508 g/mol. The summed E-state index contributed by atoms with van der Waals surface area (Å²) in [7, 11) is 4.26. The molecule has 0 radical (unpaired) electrons. The Hall–Kier alpha value is -0.570. The monoisotopic (exact) mass is 507 g/mol. The van der Waals surface area contributed by atoms with Crippen molar-refractivity contribution in [2.75, 3.05) is 59.9 Å². The minimum atomic E-state index is 0. The highest BCUT2D eigenvalue weighted by Crippen LogP contribution is 2.16. The smallest absolute Gasteiger partial charge is 0.193 e. The minimum absolute atomic E-state index is 0. The molecule has 27 heavy (non-hydrogen) atoms. The van der Waals surface area contributed by atoms with Crippen LogP contribution in [0.25, 0.3) is 0 Å². The van der Waals surface area contributed by atoms with Crippen LogP contribution in [-0.4, -0.2) is 80.6 Å². The third-order valence-corrected chi connectivity index (χ3v) is 5.15. The third-order valence-electron chi connectivity index (χ3n) is 4.78. The normalized spacial score (nSPS) is 17.3. The first-order valence-corrected chi connectivity index (χ1v) is 10.0. The van der Waals surface area contributed by atoms with Gasteiger partial charge in [0.15, 0.2) is 5.96 Å². The summed E-state index contributed by atoms with van der Waals surface area (Å²) in [6.45, 7) is 12.6. The number of likely N-dealkylation sites (N-methyl/N-ethyl adjacent to an activating group) is 1. The van der Waals surface area contributed by atoms with Gasteiger partial charge in [-0.15, -0.1) is 24.0 Å². The summed E-state index contributed by atoms with van der Waals surface area (Å²) in [6.07, 6.45) is 0. The van der Waals surface area contributed by atoms with Crippen molar-refractivity contribution in [3.8, 4) is 0 Å². The predicted molar refractivity (Wildman–Crippen MR) is 127 cm³/mol. The molecule has 1 aromatic carbocycles. The number of piperazine rings is 1. The maximum atomic E-state index is 6.30. The maximum absolute atomic E-state index is 6.30. The van der Waals surface area contributed by atoms with Crippen molar-refractivity contribution < 1.29 is 0 Å². The molecule has 0 aromatic heterocycles. The Kier molecular flexibility index (Phi) is 11.6.